The van der Waals surface area contributed by atoms with Crippen molar-refractivity contribution in [1.82, 2.24) is 15.3 Å². The van der Waals surface area contributed by atoms with Gasteiger partial charge < -0.3 is 10.6 Å². The van der Waals surface area contributed by atoms with Crippen LogP contribution in [0.4, 0.5) is 5.13 Å². The van der Waals surface area contributed by atoms with E-state index in [-0.39, 0.29) is 17.1 Å². The summed E-state index contributed by atoms with van der Waals surface area (Å²) in [6.07, 6.45) is 7.55. The van der Waals surface area contributed by atoms with Crippen LogP contribution in [0.1, 0.15) is 69.0 Å². The van der Waals surface area contributed by atoms with Crippen LogP contribution >= 0.6 is 11.3 Å². The fourth-order valence-electron chi connectivity index (χ4n) is 5.46. The molecule has 1 atom stereocenters. The summed E-state index contributed by atoms with van der Waals surface area (Å²) >= 11 is 1.39. The van der Waals surface area contributed by atoms with Gasteiger partial charge in [0.25, 0.3) is 0 Å². The van der Waals surface area contributed by atoms with Gasteiger partial charge in [-0.25, -0.2) is 18.4 Å². The van der Waals surface area contributed by atoms with Gasteiger partial charge in [0, 0.05) is 5.69 Å². The molecule has 36 heavy (non-hydrogen) atoms. The standard InChI is InChI=1S/C27H34N4O3S2/c1-2-20-9-12-24-26(29-20)35-27(30-24)31-25(32)23(17-18-5-3-4-6-18)19-7-10-21(11-8-19)36(33,34)22-13-15-28-16-14-22/h7-12,18,22-23,28H,2-6,13-17H2,1H3,(H,30,31,32). The van der Waals surface area contributed by atoms with E-state index >= 15 is 0 Å². The average molecular weight is 527 g/mol. The number of thiazole rings is 1. The van der Waals surface area contributed by atoms with Crippen LogP contribution in [-0.4, -0.2) is 42.6 Å². The number of anilines is 1. The van der Waals surface area contributed by atoms with Crippen LogP contribution < -0.4 is 10.6 Å². The zero-order valence-corrected chi connectivity index (χ0v) is 22.3. The highest BCUT2D eigenvalue weighted by Crippen LogP contribution is 2.36. The van der Waals surface area contributed by atoms with Gasteiger partial charge in [0.2, 0.25) is 5.91 Å². The van der Waals surface area contributed by atoms with Gasteiger partial charge in [0.1, 0.15) is 10.3 Å². The number of aromatic nitrogens is 2. The predicted molar refractivity (Wildman–Crippen MR) is 144 cm³/mol. The number of nitrogens with one attached hydrogen (secondary N) is 2. The fourth-order valence-corrected chi connectivity index (χ4v) is 8.08. The number of hydrogen-bond donors (Lipinski definition) is 2. The molecule has 2 aromatic heterocycles. The molecule has 9 heteroatoms. The van der Waals surface area contributed by atoms with Crippen LogP contribution in [0, 0.1) is 5.92 Å². The molecule has 2 aliphatic rings. The molecule has 1 aliphatic carbocycles. The summed E-state index contributed by atoms with van der Waals surface area (Å²) in [4.78, 5) is 23.9. The van der Waals surface area contributed by atoms with Gasteiger partial charge in [-0.2, -0.15) is 0 Å². The van der Waals surface area contributed by atoms with Gasteiger partial charge in [0.05, 0.1) is 16.1 Å². The molecule has 1 aromatic carbocycles. The normalized spacial score (nSPS) is 18.5. The van der Waals surface area contributed by atoms with Crippen molar-refractivity contribution >= 4 is 42.6 Å². The predicted octanol–water partition coefficient (Wildman–Crippen LogP) is 5.08. The topological polar surface area (TPSA) is 101 Å². The summed E-state index contributed by atoms with van der Waals surface area (Å²) in [6, 6.07) is 11.0. The lowest BCUT2D eigenvalue weighted by molar-refractivity contribution is -0.118. The summed E-state index contributed by atoms with van der Waals surface area (Å²) in [6.45, 7) is 3.52. The summed E-state index contributed by atoms with van der Waals surface area (Å²) in [7, 11) is -3.37. The van der Waals surface area contributed by atoms with E-state index < -0.39 is 9.84 Å². The molecule has 1 saturated carbocycles. The largest absolute Gasteiger partial charge is 0.317 e. The Morgan fingerprint density at radius 2 is 1.78 bits per heavy atom. The van der Waals surface area contributed by atoms with E-state index in [2.05, 4.69) is 27.5 Å². The third-order valence-electron chi connectivity index (χ3n) is 7.60. The first-order valence-electron chi connectivity index (χ1n) is 13.1. The van der Waals surface area contributed by atoms with Crippen LogP contribution in [0.5, 0.6) is 0 Å². The highest BCUT2D eigenvalue weighted by atomic mass is 32.2. The molecule has 3 aromatic rings. The number of carbonyl (C=O) groups excluding carboxylic acids is 1. The van der Waals surface area contributed by atoms with Gasteiger partial charge in [-0.05, 0) is 74.5 Å². The van der Waals surface area contributed by atoms with E-state index in [9.17, 15) is 13.2 Å². The van der Waals surface area contributed by atoms with E-state index in [0.29, 0.717) is 28.8 Å². The Bertz CT molecular complexity index is 1310. The smallest absolute Gasteiger partial charge is 0.233 e. The van der Waals surface area contributed by atoms with Crippen LogP contribution in [0.2, 0.25) is 0 Å². The second kappa shape index (κ2) is 10.9. The number of rotatable bonds is 8. The van der Waals surface area contributed by atoms with Crippen molar-refractivity contribution in [2.45, 2.75) is 74.4 Å². The Balaban J connectivity index is 1.37. The lowest BCUT2D eigenvalue weighted by Crippen LogP contribution is -2.35. The number of nitrogens with zero attached hydrogens (tertiary/aromatic N) is 2. The number of aryl methyl sites for hydroxylation is 1. The molecule has 2 N–H and O–H groups in total. The highest BCUT2D eigenvalue weighted by molar-refractivity contribution is 7.92. The lowest BCUT2D eigenvalue weighted by Gasteiger charge is -2.23. The molecule has 1 unspecified atom stereocenters. The highest BCUT2D eigenvalue weighted by Gasteiger charge is 2.31. The number of piperidine rings is 1. The van der Waals surface area contributed by atoms with Gasteiger partial charge in [-0.3, -0.25) is 4.79 Å². The maximum Gasteiger partial charge on any atom is 0.233 e. The molecular weight excluding hydrogens is 492 g/mol. The first-order chi connectivity index (χ1) is 17.4. The van der Waals surface area contributed by atoms with E-state index in [1.165, 1.54) is 24.2 Å². The second-order valence-corrected chi connectivity index (χ2v) is 13.2. The quantitative estimate of drug-likeness (QED) is 0.424. The van der Waals surface area contributed by atoms with E-state index in [1.807, 2.05) is 24.3 Å². The minimum Gasteiger partial charge on any atom is -0.317 e. The summed E-state index contributed by atoms with van der Waals surface area (Å²) in [5.41, 5.74) is 2.64. The van der Waals surface area contributed by atoms with E-state index in [4.69, 9.17) is 0 Å². The molecule has 3 heterocycles. The zero-order chi connectivity index (χ0) is 25.1. The van der Waals surface area contributed by atoms with E-state index in [0.717, 1.165) is 60.4 Å². The number of hydrogen-bond acceptors (Lipinski definition) is 7. The molecule has 2 fully saturated rings. The first-order valence-corrected chi connectivity index (χ1v) is 15.4. The van der Waals surface area contributed by atoms with Gasteiger partial charge >= 0.3 is 0 Å². The summed E-state index contributed by atoms with van der Waals surface area (Å²) in [5.74, 6) is 0.0589. The molecule has 5 rings (SSSR count). The SMILES string of the molecule is CCc1ccc2nc(NC(=O)C(CC3CCCC3)c3ccc(S(=O)(=O)C4CCNCC4)cc3)sc2n1. The summed E-state index contributed by atoms with van der Waals surface area (Å²) < 4.78 is 26.3. The van der Waals surface area contributed by atoms with Crippen molar-refractivity contribution in [3.05, 3.63) is 47.7 Å². The molecule has 1 amide bonds. The molecule has 1 aliphatic heterocycles. The molecule has 0 bridgehead atoms. The average Bonchev–Trinajstić information content (AvgIpc) is 3.56. The fraction of sp³-hybridized carbons (Fsp3) is 0.519. The maximum absolute atomic E-state index is 13.5. The van der Waals surface area contributed by atoms with Crippen molar-refractivity contribution in [3.63, 3.8) is 0 Å². The first kappa shape index (κ1) is 25.3. The Kier molecular flexibility index (Phi) is 7.69. The van der Waals surface area contributed by atoms with Gasteiger partial charge in [0.15, 0.2) is 15.0 Å². The van der Waals surface area contributed by atoms with Crippen molar-refractivity contribution in [3.8, 4) is 0 Å². The van der Waals surface area contributed by atoms with Gasteiger partial charge in [-0.15, -0.1) is 0 Å². The van der Waals surface area contributed by atoms with Crippen molar-refractivity contribution in [1.29, 1.82) is 0 Å². The minimum absolute atomic E-state index is 0.0920. The van der Waals surface area contributed by atoms with Crippen LogP contribution in [-0.2, 0) is 21.1 Å². The number of carbonyl (C=O) groups is 1. The molecule has 1 saturated heterocycles. The lowest BCUT2D eigenvalue weighted by atomic mass is 9.87. The van der Waals surface area contributed by atoms with Crippen molar-refractivity contribution in [2.24, 2.45) is 5.92 Å². The monoisotopic (exact) mass is 526 g/mol. The number of fused-ring (bicyclic) bond motifs is 1. The number of amides is 1. The second-order valence-electron chi connectivity index (χ2n) is 9.99. The minimum atomic E-state index is -3.37. The van der Waals surface area contributed by atoms with Crippen LogP contribution in [0.15, 0.2) is 41.3 Å². The molecule has 7 nitrogen and oxygen atoms in total. The Morgan fingerprint density at radius 3 is 2.47 bits per heavy atom. The molecular formula is C27H34N4O3S2. The molecule has 0 spiro atoms. The maximum atomic E-state index is 13.5. The van der Waals surface area contributed by atoms with E-state index in [1.54, 1.807) is 12.1 Å². The number of benzene rings is 1. The summed E-state index contributed by atoms with van der Waals surface area (Å²) in [5, 5.41) is 6.48. The Morgan fingerprint density at radius 1 is 1.06 bits per heavy atom. The van der Waals surface area contributed by atoms with Crippen LogP contribution in [0.3, 0.4) is 0 Å². The number of sulfone groups is 1. The third-order valence-corrected chi connectivity index (χ3v) is 10.8. The Hall–Kier alpha value is -2.36. The number of pyridine rings is 1. The van der Waals surface area contributed by atoms with Crippen molar-refractivity contribution in [2.75, 3.05) is 18.4 Å². The molecule has 0 radical (unpaired) electrons. The Labute approximate surface area is 217 Å². The van der Waals surface area contributed by atoms with Gasteiger partial charge in [-0.1, -0.05) is 56.1 Å². The molecule has 192 valence electrons. The third kappa shape index (κ3) is 5.48. The zero-order valence-electron chi connectivity index (χ0n) is 20.7. The van der Waals surface area contributed by atoms with Crippen LogP contribution in [0.25, 0.3) is 10.3 Å². The van der Waals surface area contributed by atoms with Crippen molar-refractivity contribution < 1.29 is 13.2 Å².